The molecule has 0 radical (unpaired) electrons. The Morgan fingerprint density at radius 3 is 2.57 bits per heavy atom. The van der Waals surface area contributed by atoms with Crippen molar-refractivity contribution in [2.24, 2.45) is 0 Å². The molecule has 1 atom stereocenters. The van der Waals surface area contributed by atoms with Crippen LogP contribution in [0.5, 0.6) is 0 Å². The van der Waals surface area contributed by atoms with E-state index in [4.69, 9.17) is 4.74 Å². The Hall–Kier alpha value is -3.61. The fourth-order valence-electron chi connectivity index (χ4n) is 3.35. The first-order valence-corrected chi connectivity index (χ1v) is 8.92. The van der Waals surface area contributed by atoms with Gasteiger partial charge in [-0.3, -0.25) is 9.69 Å². The summed E-state index contributed by atoms with van der Waals surface area (Å²) < 4.78 is 5.18. The molecule has 2 aliphatic heterocycles. The maximum atomic E-state index is 12.7. The molecule has 0 aliphatic carbocycles. The zero-order valence-electron chi connectivity index (χ0n) is 15.3. The number of esters is 1. The van der Waals surface area contributed by atoms with Gasteiger partial charge in [-0.05, 0) is 24.6 Å². The molecule has 0 spiro atoms. The lowest BCUT2D eigenvalue weighted by Gasteiger charge is -2.32. The molecule has 4 rings (SSSR count). The van der Waals surface area contributed by atoms with E-state index in [1.165, 1.54) is 4.90 Å². The van der Waals surface area contributed by atoms with Gasteiger partial charge in [0.1, 0.15) is 13.2 Å². The van der Waals surface area contributed by atoms with Gasteiger partial charge in [0.25, 0.3) is 0 Å². The number of anilines is 1. The van der Waals surface area contributed by atoms with E-state index in [2.05, 4.69) is 10.6 Å². The second-order valence-corrected chi connectivity index (χ2v) is 6.73. The van der Waals surface area contributed by atoms with Crippen LogP contribution >= 0.6 is 0 Å². The summed E-state index contributed by atoms with van der Waals surface area (Å²) in [6, 6.07) is 15.5. The lowest BCUT2D eigenvalue weighted by molar-refractivity contribution is -0.136. The lowest BCUT2D eigenvalue weighted by Crippen LogP contribution is -2.49. The number of rotatable bonds is 4. The maximum absolute atomic E-state index is 12.7. The number of carbonyl (C=O) groups is 3. The molecular formula is C21H19N3O4. The number of hydrogen-bond acceptors (Lipinski definition) is 4. The van der Waals surface area contributed by atoms with E-state index in [-0.39, 0.29) is 19.1 Å². The minimum atomic E-state index is -0.591. The Labute approximate surface area is 162 Å². The molecule has 2 N–H and O–H groups in total. The molecule has 3 amide bonds. The molecule has 2 aliphatic rings. The Morgan fingerprint density at radius 2 is 1.86 bits per heavy atom. The Bertz CT molecular complexity index is 967. The van der Waals surface area contributed by atoms with Gasteiger partial charge in [0.15, 0.2) is 0 Å². The van der Waals surface area contributed by atoms with Gasteiger partial charge in [-0.2, -0.15) is 0 Å². The first kappa shape index (κ1) is 17.8. The Balaban J connectivity index is 1.60. The van der Waals surface area contributed by atoms with Crippen LogP contribution in [-0.4, -0.2) is 36.0 Å². The number of para-hydroxylation sites is 1. The van der Waals surface area contributed by atoms with Crippen LogP contribution in [0.3, 0.4) is 0 Å². The highest BCUT2D eigenvalue weighted by Crippen LogP contribution is 2.35. The molecule has 0 fully saturated rings. The molecule has 0 bridgehead atoms. The van der Waals surface area contributed by atoms with Gasteiger partial charge in [0.05, 0.1) is 17.3 Å². The van der Waals surface area contributed by atoms with Crippen LogP contribution in [0.15, 0.2) is 65.9 Å². The van der Waals surface area contributed by atoms with E-state index in [0.29, 0.717) is 17.0 Å². The van der Waals surface area contributed by atoms with Crippen molar-refractivity contribution in [2.45, 2.75) is 13.0 Å². The van der Waals surface area contributed by atoms with Gasteiger partial charge in [0, 0.05) is 5.69 Å². The van der Waals surface area contributed by atoms with Crippen molar-refractivity contribution in [2.75, 3.05) is 18.5 Å². The van der Waals surface area contributed by atoms with E-state index >= 15 is 0 Å². The number of cyclic esters (lactones) is 1. The smallest absolute Gasteiger partial charge is 0.338 e. The molecule has 28 heavy (non-hydrogen) atoms. The summed E-state index contributed by atoms with van der Waals surface area (Å²) >= 11 is 0. The molecule has 0 saturated heterocycles. The maximum Gasteiger partial charge on any atom is 0.338 e. The summed E-state index contributed by atoms with van der Waals surface area (Å²) in [5, 5.41) is 5.56. The minimum Gasteiger partial charge on any atom is -0.456 e. The van der Waals surface area contributed by atoms with Crippen molar-refractivity contribution in [1.82, 2.24) is 10.2 Å². The monoisotopic (exact) mass is 377 g/mol. The van der Waals surface area contributed by atoms with Crippen molar-refractivity contribution in [1.29, 1.82) is 0 Å². The van der Waals surface area contributed by atoms with Crippen LogP contribution in [0.4, 0.5) is 10.5 Å². The Kier molecular flexibility index (Phi) is 4.57. The van der Waals surface area contributed by atoms with E-state index in [0.717, 1.165) is 11.1 Å². The van der Waals surface area contributed by atoms with Gasteiger partial charge >= 0.3 is 12.0 Å². The predicted octanol–water partition coefficient (Wildman–Crippen LogP) is 2.51. The van der Waals surface area contributed by atoms with E-state index < -0.39 is 18.0 Å². The molecule has 142 valence electrons. The van der Waals surface area contributed by atoms with Crippen LogP contribution in [0.1, 0.15) is 17.2 Å². The molecule has 7 nitrogen and oxygen atoms in total. The van der Waals surface area contributed by atoms with Gasteiger partial charge < -0.3 is 15.4 Å². The second kappa shape index (κ2) is 7.19. The highest BCUT2D eigenvalue weighted by molar-refractivity contribution is 6.00. The molecule has 2 aromatic carbocycles. The Morgan fingerprint density at radius 1 is 1.14 bits per heavy atom. The fraction of sp³-hybridized carbons (Fsp3) is 0.190. The number of urea groups is 1. The van der Waals surface area contributed by atoms with Crippen LogP contribution in [0.25, 0.3) is 0 Å². The number of nitrogens with zero attached hydrogens (tertiary/aromatic N) is 1. The van der Waals surface area contributed by atoms with Crippen molar-refractivity contribution in [3.63, 3.8) is 0 Å². The van der Waals surface area contributed by atoms with Crippen LogP contribution < -0.4 is 10.6 Å². The normalized spacial score (nSPS) is 18.5. The largest absolute Gasteiger partial charge is 0.456 e. The van der Waals surface area contributed by atoms with Gasteiger partial charge in [-0.25, -0.2) is 9.59 Å². The third kappa shape index (κ3) is 3.34. The van der Waals surface area contributed by atoms with E-state index in [1.54, 1.807) is 24.3 Å². The van der Waals surface area contributed by atoms with Crippen LogP contribution in [0.2, 0.25) is 0 Å². The average Bonchev–Trinajstić information content (AvgIpc) is 3.07. The zero-order chi connectivity index (χ0) is 19.7. The SMILES string of the molecule is Cc1ccc([C@H]2NC(=O)N(CC(=O)Nc3ccccc3)C3=C2C(=O)OC3)cc1. The zero-order valence-corrected chi connectivity index (χ0v) is 15.3. The predicted molar refractivity (Wildman–Crippen MR) is 102 cm³/mol. The molecule has 2 heterocycles. The van der Waals surface area contributed by atoms with Crippen molar-refractivity contribution in [3.8, 4) is 0 Å². The molecule has 0 unspecified atom stereocenters. The molecule has 0 aromatic heterocycles. The highest BCUT2D eigenvalue weighted by Gasteiger charge is 2.42. The molecular weight excluding hydrogens is 358 g/mol. The summed E-state index contributed by atoms with van der Waals surface area (Å²) in [5.41, 5.74) is 3.31. The molecule has 2 aromatic rings. The van der Waals surface area contributed by atoms with Gasteiger partial charge in [-0.15, -0.1) is 0 Å². The summed E-state index contributed by atoms with van der Waals surface area (Å²) in [7, 11) is 0. The minimum absolute atomic E-state index is 0.0252. The third-order valence-corrected chi connectivity index (χ3v) is 4.77. The van der Waals surface area contributed by atoms with Crippen molar-refractivity contribution >= 4 is 23.6 Å². The van der Waals surface area contributed by atoms with Crippen LogP contribution in [0, 0.1) is 6.92 Å². The van der Waals surface area contributed by atoms with Gasteiger partial charge in [-0.1, -0.05) is 48.0 Å². The highest BCUT2D eigenvalue weighted by atomic mass is 16.5. The fourth-order valence-corrected chi connectivity index (χ4v) is 3.35. The van der Waals surface area contributed by atoms with Crippen molar-refractivity contribution < 1.29 is 19.1 Å². The topological polar surface area (TPSA) is 87.7 Å². The number of amides is 3. The summed E-state index contributed by atoms with van der Waals surface area (Å²) in [6.45, 7) is 1.73. The van der Waals surface area contributed by atoms with E-state index in [9.17, 15) is 14.4 Å². The number of hydrogen-bond donors (Lipinski definition) is 2. The average molecular weight is 377 g/mol. The number of benzene rings is 2. The molecule has 0 saturated carbocycles. The van der Waals surface area contributed by atoms with Gasteiger partial charge in [0.2, 0.25) is 5.91 Å². The summed E-state index contributed by atoms with van der Waals surface area (Å²) in [6.07, 6.45) is 0. The van der Waals surface area contributed by atoms with Crippen molar-refractivity contribution in [3.05, 3.63) is 77.0 Å². The van der Waals surface area contributed by atoms with E-state index in [1.807, 2.05) is 37.3 Å². The first-order chi connectivity index (χ1) is 13.5. The number of carbonyl (C=O) groups excluding carboxylic acids is 3. The number of aryl methyl sites for hydroxylation is 1. The van der Waals surface area contributed by atoms with Crippen LogP contribution in [-0.2, 0) is 14.3 Å². The standard InChI is InChI=1S/C21H19N3O4/c1-13-7-9-14(10-8-13)19-18-16(12-28-20(18)26)24(21(27)23-19)11-17(25)22-15-5-3-2-4-6-15/h2-10,19H,11-12H2,1H3,(H,22,25)(H,23,27)/t19-/m1/s1. The first-order valence-electron chi connectivity index (χ1n) is 8.92. The third-order valence-electron chi connectivity index (χ3n) is 4.77. The summed E-state index contributed by atoms with van der Waals surface area (Å²) in [4.78, 5) is 38.7. The second-order valence-electron chi connectivity index (χ2n) is 6.73. The number of ether oxygens (including phenoxy) is 1. The molecule has 7 heteroatoms. The quantitative estimate of drug-likeness (QED) is 0.802. The number of nitrogens with one attached hydrogen (secondary N) is 2. The summed E-state index contributed by atoms with van der Waals surface area (Å²) in [5.74, 6) is -0.838. The lowest BCUT2D eigenvalue weighted by atomic mass is 9.95.